The van der Waals surface area contributed by atoms with Crippen molar-refractivity contribution >= 4 is 15.9 Å². The lowest BCUT2D eigenvalue weighted by molar-refractivity contribution is -0.00977. The van der Waals surface area contributed by atoms with Crippen LogP contribution in [0.5, 0.6) is 0 Å². The molecule has 32 heavy (non-hydrogen) atoms. The fourth-order valence-electron chi connectivity index (χ4n) is 3.87. The number of anilines is 1. The van der Waals surface area contributed by atoms with Crippen molar-refractivity contribution in [2.45, 2.75) is 18.9 Å². The van der Waals surface area contributed by atoms with Crippen LogP contribution in [0, 0.1) is 18.6 Å². The van der Waals surface area contributed by atoms with E-state index in [9.17, 15) is 17.2 Å². The molecule has 1 fully saturated rings. The lowest BCUT2D eigenvalue weighted by atomic mass is 9.86. The van der Waals surface area contributed by atoms with Crippen molar-refractivity contribution in [2.24, 2.45) is 0 Å². The first-order valence-corrected chi connectivity index (χ1v) is 11.7. The Hall–Kier alpha value is -2.81. The minimum atomic E-state index is -3.81. The molecular weight excluding hydrogens is 434 g/mol. The van der Waals surface area contributed by atoms with E-state index >= 15 is 0 Å². The van der Waals surface area contributed by atoms with Crippen molar-refractivity contribution in [1.82, 2.24) is 4.31 Å². The van der Waals surface area contributed by atoms with Crippen LogP contribution in [0.25, 0.3) is 0 Å². The second-order valence-corrected chi connectivity index (χ2v) is 9.49. The zero-order valence-corrected chi connectivity index (χ0v) is 18.4. The van der Waals surface area contributed by atoms with Crippen LogP contribution < -0.4 is 4.72 Å². The lowest BCUT2D eigenvalue weighted by Gasteiger charge is -2.36. The van der Waals surface area contributed by atoms with Crippen molar-refractivity contribution in [3.8, 4) is 0 Å². The molecule has 0 radical (unpaired) electrons. The Balaban J connectivity index is 1.61. The summed E-state index contributed by atoms with van der Waals surface area (Å²) in [5.74, 6) is -1.14. The zero-order chi connectivity index (χ0) is 22.7. The summed E-state index contributed by atoms with van der Waals surface area (Å²) < 4.78 is 63.0. The monoisotopic (exact) mass is 458 g/mol. The molecule has 1 unspecified atom stereocenters. The van der Waals surface area contributed by atoms with Gasteiger partial charge in [0.1, 0.15) is 11.6 Å². The molecule has 168 valence electrons. The first-order chi connectivity index (χ1) is 15.3. The van der Waals surface area contributed by atoms with E-state index in [0.717, 1.165) is 16.7 Å². The highest BCUT2D eigenvalue weighted by Crippen LogP contribution is 2.33. The second kappa shape index (κ2) is 9.36. The third-order valence-electron chi connectivity index (χ3n) is 5.52. The van der Waals surface area contributed by atoms with Crippen LogP contribution in [0.1, 0.15) is 22.6 Å². The number of nitrogens with one attached hydrogen (secondary N) is 1. The number of benzene rings is 3. The summed E-state index contributed by atoms with van der Waals surface area (Å²) in [7, 11) is -3.81. The quantitative estimate of drug-likeness (QED) is 0.593. The smallest absolute Gasteiger partial charge is 0.301 e. The van der Waals surface area contributed by atoms with Crippen molar-refractivity contribution < 1.29 is 21.9 Å². The van der Waals surface area contributed by atoms with E-state index in [-0.39, 0.29) is 31.3 Å². The van der Waals surface area contributed by atoms with Crippen LogP contribution in [0.4, 0.5) is 14.5 Å². The molecule has 1 saturated heterocycles. The minimum Gasteiger partial charge on any atom is -0.374 e. The highest BCUT2D eigenvalue weighted by atomic mass is 32.2. The zero-order valence-electron chi connectivity index (χ0n) is 17.5. The van der Waals surface area contributed by atoms with Crippen LogP contribution in [0.15, 0.2) is 72.8 Å². The van der Waals surface area contributed by atoms with Gasteiger partial charge < -0.3 is 4.74 Å². The number of rotatable bonds is 6. The number of morpholine rings is 1. The molecule has 0 bridgehead atoms. The van der Waals surface area contributed by atoms with Gasteiger partial charge in [0.15, 0.2) is 0 Å². The Bertz CT molecular complexity index is 1110. The van der Waals surface area contributed by atoms with Gasteiger partial charge in [0.25, 0.3) is 0 Å². The molecule has 0 saturated carbocycles. The van der Waals surface area contributed by atoms with Crippen molar-refractivity contribution in [3.05, 3.63) is 101 Å². The fourth-order valence-corrected chi connectivity index (χ4v) is 5.09. The summed E-state index contributed by atoms with van der Waals surface area (Å²) in [4.78, 5) is 0. The summed E-state index contributed by atoms with van der Waals surface area (Å²) in [6, 6.07) is 19.1. The van der Waals surface area contributed by atoms with Gasteiger partial charge in [0.2, 0.25) is 0 Å². The average Bonchev–Trinajstić information content (AvgIpc) is 2.78. The maximum atomic E-state index is 13.5. The summed E-state index contributed by atoms with van der Waals surface area (Å²) in [6.07, 6.45) is -0.533. The predicted octanol–water partition coefficient (Wildman–Crippen LogP) is 4.46. The van der Waals surface area contributed by atoms with Crippen LogP contribution in [0.2, 0.25) is 0 Å². The van der Waals surface area contributed by atoms with Crippen LogP contribution in [-0.2, 0) is 14.9 Å². The maximum Gasteiger partial charge on any atom is 0.301 e. The van der Waals surface area contributed by atoms with Crippen LogP contribution in [-0.4, -0.2) is 38.5 Å². The Morgan fingerprint density at radius 3 is 1.97 bits per heavy atom. The van der Waals surface area contributed by atoms with Crippen LogP contribution in [0.3, 0.4) is 0 Å². The molecule has 1 atom stereocenters. The average molecular weight is 459 g/mol. The summed E-state index contributed by atoms with van der Waals surface area (Å²) in [6.45, 7) is 2.44. The SMILES string of the molecule is Cc1ccc(NS(=O)(=O)N2CCOC(C(c3ccc(F)cc3)c3ccc(F)cc3)C2)cc1. The largest absolute Gasteiger partial charge is 0.374 e. The number of aryl methyl sites for hydroxylation is 1. The molecule has 0 amide bonds. The van der Waals surface area contributed by atoms with E-state index in [2.05, 4.69) is 4.72 Å². The van der Waals surface area contributed by atoms with Gasteiger partial charge in [-0.2, -0.15) is 12.7 Å². The van der Waals surface area contributed by atoms with Gasteiger partial charge in [0, 0.05) is 24.7 Å². The van der Waals surface area contributed by atoms with Crippen LogP contribution >= 0.6 is 0 Å². The Labute approximate surface area is 186 Å². The topological polar surface area (TPSA) is 58.6 Å². The molecule has 1 aliphatic heterocycles. The molecule has 0 aromatic heterocycles. The lowest BCUT2D eigenvalue weighted by Crippen LogP contribution is -2.49. The molecule has 5 nitrogen and oxygen atoms in total. The van der Waals surface area contributed by atoms with Gasteiger partial charge in [-0.25, -0.2) is 8.78 Å². The number of halogens is 2. The minimum absolute atomic E-state index is 0.0978. The normalized spacial score (nSPS) is 17.4. The first kappa shape index (κ1) is 22.4. The fraction of sp³-hybridized carbons (Fsp3) is 0.250. The first-order valence-electron chi connectivity index (χ1n) is 10.3. The molecule has 8 heteroatoms. The molecule has 1 N–H and O–H groups in total. The van der Waals surface area contributed by atoms with E-state index in [4.69, 9.17) is 4.74 Å². The molecule has 1 aliphatic rings. The summed E-state index contributed by atoms with van der Waals surface area (Å²) >= 11 is 0. The van der Waals surface area contributed by atoms with Gasteiger partial charge in [-0.1, -0.05) is 42.0 Å². The van der Waals surface area contributed by atoms with E-state index in [1.165, 1.54) is 28.6 Å². The molecule has 0 aliphatic carbocycles. The summed E-state index contributed by atoms with van der Waals surface area (Å²) in [5.41, 5.74) is 3.02. The molecule has 3 aromatic carbocycles. The van der Waals surface area contributed by atoms with Gasteiger partial charge in [0.05, 0.1) is 12.7 Å². The van der Waals surface area contributed by atoms with Gasteiger partial charge in [-0.05, 0) is 54.4 Å². The van der Waals surface area contributed by atoms with E-state index in [1.54, 1.807) is 36.4 Å². The number of nitrogens with zero attached hydrogens (tertiary/aromatic N) is 1. The standard InChI is InChI=1S/C24H24F2N2O3S/c1-17-2-12-22(13-3-17)27-32(29,30)28-14-15-31-23(16-28)24(18-4-8-20(25)9-5-18)19-6-10-21(26)11-7-19/h2-13,23-24,27H,14-16H2,1H3. The van der Waals surface area contributed by atoms with E-state index in [0.29, 0.717) is 5.69 Å². The summed E-state index contributed by atoms with van der Waals surface area (Å²) in [5, 5.41) is 0. The highest BCUT2D eigenvalue weighted by Gasteiger charge is 2.35. The van der Waals surface area contributed by atoms with E-state index in [1.807, 2.05) is 19.1 Å². The Morgan fingerprint density at radius 2 is 1.44 bits per heavy atom. The third kappa shape index (κ3) is 5.15. The predicted molar refractivity (Wildman–Crippen MR) is 120 cm³/mol. The van der Waals surface area contributed by atoms with Crippen molar-refractivity contribution in [1.29, 1.82) is 0 Å². The number of ether oxygens (including phenoxy) is 1. The Kier molecular flexibility index (Phi) is 6.55. The third-order valence-corrected chi connectivity index (χ3v) is 7.03. The Morgan fingerprint density at radius 1 is 0.906 bits per heavy atom. The van der Waals surface area contributed by atoms with Gasteiger partial charge in [-0.15, -0.1) is 0 Å². The maximum absolute atomic E-state index is 13.5. The molecule has 0 spiro atoms. The van der Waals surface area contributed by atoms with E-state index < -0.39 is 22.2 Å². The second-order valence-electron chi connectivity index (χ2n) is 7.82. The molecule has 4 rings (SSSR count). The molecule has 1 heterocycles. The molecule has 3 aromatic rings. The molecular formula is C24H24F2N2O3S. The van der Waals surface area contributed by atoms with Crippen molar-refractivity contribution in [3.63, 3.8) is 0 Å². The number of hydrogen-bond acceptors (Lipinski definition) is 3. The van der Waals surface area contributed by atoms with Crippen molar-refractivity contribution in [2.75, 3.05) is 24.4 Å². The highest BCUT2D eigenvalue weighted by molar-refractivity contribution is 7.90. The number of hydrogen-bond donors (Lipinski definition) is 1. The van der Waals surface area contributed by atoms with Gasteiger partial charge >= 0.3 is 10.2 Å². The van der Waals surface area contributed by atoms with Gasteiger partial charge in [-0.3, -0.25) is 4.72 Å².